The van der Waals surface area contributed by atoms with Gasteiger partial charge >= 0.3 is 5.97 Å². The van der Waals surface area contributed by atoms with Crippen LogP contribution in [-0.2, 0) is 9.53 Å². The number of carbonyl (C=O) groups excluding carboxylic acids is 2. The average molecular weight is 355 g/mol. The Labute approximate surface area is 154 Å². The number of rotatable bonds is 7. The van der Waals surface area contributed by atoms with Gasteiger partial charge in [-0.1, -0.05) is 24.6 Å². The van der Waals surface area contributed by atoms with Crippen LogP contribution in [0.25, 0.3) is 0 Å². The van der Waals surface area contributed by atoms with Crippen molar-refractivity contribution < 1.29 is 19.1 Å². The Balaban J connectivity index is 1.93. The van der Waals surface area contributed by atoms with Crippen LogP contribution in [-0.4, -0.2) is 24.1 Å². The molecule has 0 aliphatic rings. The molecule has 2 aromatic rings. The van der Waals surface area contributed by atoms with E-state index in [2.05, 4.69) is 5.32 Å². The fraction of sp³-hybridized carbons (Fsp3) is 0.333. The minimum Gasteiger partial charge on any atom is -0.479 e. The Kier molecular flexibility index (Phi) is 6.78. The van der Waals surface area contributed by atoms with Gasteiger partial charge in [-0.3, -0.25) is 4.79 Å². The zero-order valence-corrected chi connectivity index (χ0v) is 15.6. The van der Waals surface area contributed by atoms with Crippen LogP contribution in [0.3, 0.4) is 0 Å². The highest BCUT2D eigenvalue weighted by Gasteiger charge is 2.18. The van der Waals surface area contributed by atoms with E-state index in [4.69, 9.17) is 9.47 Å². The van der Waals surface area contributed by atoms with Gasteiger partial charge in [0.2, 0.25) is 0 Å². The van der Waals surface area contributed by atoms with Gasteiger partial charge in [-0.05, 0) is 63.6 Å². The molecule has 0 aliphatic carbocycles. The first-order chi connectivity index (χ1) is 12.4. The normalized spacial score (nSPS) is 12.8. The summed E-state index contributed by atoms with van der Waals surface area (Å²) in [6, 6.07) is 14.2. The Morgan fingerprint density at radius 3 is 2.19 bits per heavy atom. The molecule has 0 saturated heterocycles. The molecule has 5 heteroatoms. The third kappa shape index (κ3) is 5.62. The van der Waals surface area contributed by atoms with Crippen molar-refractivity contribution in [1.82, 2.24) is 0 Å². The van der Waals surface area contributed by atoms with Crippen LogP contribution in [0.15, 0.2) is 48.5 Å². The number of benzene rings is 2. The van der Waals surface area contributed by atoms with Crippen LogP contribution in [0.2, 0.25) is 0 Å². The third-order valence-electron chi connectivity index (χ3n) is 3.96. The molecule has 0 saturated carbocycles. The molecule has 1 amide bonds. The van der Waals surface area contributed by atoms with Gasteiger partial charge < -0.3 is 14.8 Å². The lowest BCUT2D eigenvalue weighted by atomic mass is 10.2. The van der Waals surface area contributed by atoms with E-state index in [1.165, 1.54) is 0 Å². The fourth-order valence-corrected chi connectivity index (χ4v) is 2.15. The first-order valence-corrected chi connectivity index (χ1v) is 8.74. The molecule has 2 atom stereocenters. The van der Waals surface area contributed by atoms with Gasteiger partial charge in [0.1, 0.15) is 5.75 Å². The Bertz CT molecular complexity index is 738. The maximum atomic E-state index is 12.3. The van der Waals surface area contributed by atoms with Gasteiger partial charge in [-0.25, -0.2) is 4.79 Å². The van der Waals surface area contributed by atoms with Crippen LogP contribution in [0.1, 0.15) is 43.1 Å². The van der Waals surface area contributed by atoms with E-state index in [-0.39, 0.29) is 12.0 Å². The molecule has 0 spiro atoms. The molecule has 0 radical (unpaired) electrons. The van der Waals surface area contributed by atoms with Gasteiger partial charge in [0, 0.05) is 11.3 Å². The second kappa shape index (κ2) is 9.04. The zero-order chi connectivity index (χ0) is 19.1. The number of ether oxygens (including phenoxy) is 2. The van der Waals surface area contributed by atoms with E-state index < -0.39 is 12.1 Å². The highest BCUT2D eigenvalue weighted by molar-refractivity contribution is 6.04. The lowest BCUT2D eigenvalue weighted by molar-refractivity contribution is -0.155. The van der Waals surface area contributed by atoms with Crippen molar-refractivity contribution in [2.45, 2.75) is 46.3 Å². The summed E-state index contributed by atoms with van der Waals surface area (Å²) in [6.45, 7) is 7.42. The third-order valence-corrected chi connectivity index (χ3v) is 3.96. The quantitative estimate of drug-likeness (QED) is 0.750. The minimum absolute atomic E-state index is 0.138. The molecule has 0 unspecified atom stereocenters. The number of carbonyl (C=O) groups is 2. The molecule has 2 aromatic carbocycles. The molecular weight excluding hydrogens is 330 g/mol. The number of hydrogen-bond donors (Lipinski definition) is 1. The summed E-state index contributed by atoms with van der Waals surface area (Å²) in [7, 11) is 0. The maximum absolute atomic E-state index is 12.3. The van der Waals surface area contributed by atoms with Crippen molar-refractivity contribution in [3.63, 3.8) is 0 Å². The summed E-state index contributed by atoms with van der Waals surface area (Å²) >= 11 is 0. The van der Waals surface area contributed by atoms with Crippen LogP contribution in [0.5, 0.6) is 5.75 Å². The molecule has 0 heterocycles. The second-order valence-electron chi connectivity index (χ2n) is 6.26. The number of aryl methyl sites for hydroxylation is 1. The largest absolute Gasteiger partial charge is 0.479 e. The smallest absolute Gasteiger partial charge is 0.347 e. The molecule has 0 aromatic heterocycles. The molecule has 26 heavy (non-hydrogen) atoms. The first kappa shape index (κ1) is 19.5. The van der Waals surface area contributed by atoms with Crippen LogP contribution >= 0.6 is 0 Å². The zero-order valence-electron chi connectivity index (χ0n) is 15.6. The molecule has 2 rings (SSSR count). The summed E-state index contributed by atoms with van der Waals surface area (Å²) < 4.78 is 10.8. The first-order valence-electron chi connectivity index (χ1n) is 8.74. The van der Waals surface area contributed by atoms with E-state index in [9.17, 15) is 9.59 Å². The number of amides is 1. The van der Waals surface area contributed by atoms with E-state index in [1.54, 1.807) is 31.2 Å². The summed E-state index contributed by atoms with van der Waals surface area (Å²) in [5.74, 6) is -0.101. The average Bonchev–Trinajstić information content (AvgIpc) is 2.63. The van der Waals surface area contributed by atoms with Crippen molar-refractivity contribution in [3.05, 3.63) is 59.7 Å². The number of nitrogens with one attached hydrogen (secondary N) is 1. The van der Waals surface area contributed by atoms with E-state index in [0.29, 0.717) is 11.3 Å². The van der Waals surface area contributed by atoms with Gasteiger partial charge in [0.05, 0.1) is 6.10 Å². The molecule has 1 N–H and O–H groups in total. The fourth-order valence-electron chi connectivity index (χ4n) is 2.15. The van der Waals surface area contributed by atoms with Gasteiger partial charge in [-0.15, -0.1) is 0 Å². The van der Waals surface area contributed by atoms with Gasteiger partial charge in [0.15, 0.2) is 6.10 Å². The highest BCUT2D eigenvalue weighted by atomic mass is 16.6. The number of esters is 1. The van der Waals surface area contributed by atoms with Crippen molar-refractivity contribution in [2.75, 3.05) is 5.32 Å². The molecule has 0 fully saturated rings. The Hall–Kier alpha value is -2.82. The van der Waals surface area contributed by atoms with Crippen molar-refractivity contribution >= 4 is 17.6 Å². The Morgan fingerprint density at radius 2 is 1.62 bits per heavy atom. The number of hydrogen-bond acceptors (Lipinski definition) is 4. The predicted molar refractivity (Wildman–Crippen MR) is 102 cm³/mol. The van der Waals surface area contributed by atoms with Crippen LogP contribution < -0.4 is 10.1 Å². The summed E-state index contributed by atoms with van der Waals surface area (Å²) in [6.07, 6.45) is -0.0962. The van der Waals surface area contributed by atoms with Crippen molar-refractivity contribution in [3.8, 4) is 5.75 Å². The van der Waals surface area contributed by atoms with Gasteiger partial charge in [0.25, 0.3) is 5.91 Å². The van der Waals surface area contributed by atoms with Crippen molar-refractivity contribution in [2.24, 2.45) is 0 Å². The van der Waals surface area contributed by atoms with Gasteiger partial charge in [-0.2, -0.15) is 0 Å². The molecule has 5 nitrogen and oxygen atoms in total. The van der Waals surface area contributed by atoms with Crippen LogP contribution in [0, 0.1) is 6.92 Å². The lowest BCUT2D eigenvalue weighted by Crippen LogP contribution is -2.29. The number of anilines is 1. The monoisotopic (exact) mass is 355 g/mol. The molecule has 0 bridgehead atoms. The summed E-state index contributed by atoms with van der Waals surface area (Å²) in [5, 5.41) is 2.84. The summed E-state index contributed by atoms with van der Waals surface area (Å²) in [5.41, 5.74) is 2.38. The molecule has 138 valence electrons. The van der Waals surface area contributed by atoms with Crippen LogP contribution in [0.4, 0.5) is 5.69 Å². The van der Waals surface area contributed by atoms with Crippen molar-refractivity contribution in [1.29, 1.82) is 0 Å². The topological polar surface area (TPSA) is 64.6 Å². The highest BCUT2D eigenvalue weighted by Crippen LogP contribution is 2.16. The van der Waals surface area contributed by atoms with E-state index in [1.807, 2.05) is 45.0 Å². The molecule has 0 aliphatic heterocycles. The van der Waals surface area contributed by atoms with E-state index in [0.717, 1.165) is 17.7 Å². The Morgan fingerprint density at radius 1 is 1.00 bits per heavy atom. The standard InChI is InChI=1S/C21H25NO4/c1-5-15(3)25-21(24)16(4)26-19-12-8-17(9-13-19)20(23)22-18-10-6-14(2)7-11-18/h6-13,15-16H,5H2,1-4H3,(H,22,23)/t15-,16+/m0/s1. The lowest BCUT2D eigenvalue weighted by Gasteiger charge is -2.17. The minimum atomic E-state index is -0.712. The maximum Gasteiger partial charge on any atom is 0.347 e. The SMILES string of the molecule is CC[C@H](C)OC(=O)[C@@H](C)Oc1ccc(C(=O)Nc2ccc(C)cc2)cc1. The predicted octanol–water partition coefficient (Wildman–Crippen LogP) is 4.36. The molecular formula is C21H25NO4. The van der Waals surface area contributed by atoms with E-state index >= 15 is 0 Å². The summed E-state index contributed by atoms with van der Waals surface area (Å²) in [4.78, 5) is 24.2. The second-order valence-corrected chi connectivity index (χ2v) is 6.26.